The van der Waals surface area contributed by atoms with Crippen molar-refractivity contribution in [3.8, 4) is 0 Å². The minimum atomic E-state index is 0.813. The van der Waals surface area contributed by atoms with Gasteiger partial charge in [-0.15, -0.1) is 0 Å². The molecule has 0 N–H and O–H groups in total. The van der Waals surface area contributed by atoms with Crippen molar-refractivity contribution in [3.63, 3.8) is 0 Å². The average Bonchev–Trinajstić information content (AvgIpc) is 3.16. The number of aromatic nitrogens is 1. The van der Waals surface area contributed by atoms with Crippen LogP contribution in [0.4, 0.5) is 0 Å². The third-order valence-electron chi connectivity index (χ3n) is 4.94. The average molecular weight is 297 g/mol. The van der Waals surface area contributed by atoms with Gasteiger partial charge in [0.25, 0.3) is 0 Å². The van der Waals surface area contributed by atoms with Gasteiger partial charge in [-0.3, -0.25) is 14.8 Å². The van der Waals surface area contributed by atoms with Crippen molar-refractivity contribution in [3.05, 3.63) is 53.7 Å². The summed E-state index contributed by atoms with van der Waals surface area (Å²) in [5, 5.41) is 0. The van der Waals surface area contributed by atoms with E-state index < -0.39 is 0 Å². The molecule has 2 aliphatic heterocycles. The fraction of sp³-hybridized carbons (Fsp3) is 0.500. The van der Waals surface area contributed by atoms with Crippen LogP contribution in [-0.4, -0.2) is 41.0 Å². The molecule has 0 amide bonds. The van der Waals surface area contributed by atoms with E-state index in [-0.39, 0.29) is 0 Å². The number of nitrogens with zero attached hydrogens (tertiary/aromatic N) is 3. The quantitative estimate of drug-likeness (QED) is 0.868. The number of pyridine rings is 1. The largest absolute Gasteiger partial charge is 0.465 e. The summed E-state index contributed by atoms with van der Waals surface area (Å²) in [6.45, 7) is 8.85. The molecule has 2 unspecified atom stereocenters. The van der Waals surface area contributed by atoms with Crippen LogP contribution in [0.2, 0.25) is 0 Å². The molecule has 0 saturated carbocycles. The lowest BCUT2D eigenvalue weighted by Gasteiger charge is -2.20. The zero-order chi connectivity index (χ0) is 14.9. The van der Waals surface area contributed by atoms with Gasteiger partial charge in [-0.05, 0) is 42.5 Å². The highest BCUT2D eigenvalue weighted by molar-refractivity contribution is 5.10. The molecule has 2 aliphatic rings. The van der Waals surface area contributed by atoms with Gasteiger partial charge in [0.2, 0.25) is 0 Å². The molecule has 4 nitrogen and oxygen atoms in total. The van der Waals surface area contributed by atoms with Crippen molar-refractivity contribution in [1.29, 1.82) is 0 Å². The van der Waals surface area contributed by atoms with Gasteiger partial charge >= 0.3 is 0 Å². The minimum Gasteiger partial charge on any atom is -0.465 e. The standard InChI is InChI=1S/C18H23N3O/c1-14-4-5-18(22-14)13-21-11-16-9-20(10-17(16)12-21)8-15-3-2-6-19-7-15/h2-7,16-17H,8-13H2,1H3. The van der Waals surface area contributed by atoms with Crippen LogP contribution in [0.25, 0.3) is 0 Å². The summed E-state index contributed by atoms with van der Waals surface area (Å²) in [6, 6.07) is 8.37. The van der Waals surface area contributed by atoms with Gasteiger partial charge < -0.3 is 4.42 Å². The zero-order valence-corrected chi connectivity index (χ0v) is 13.1. The molecule has 22 heavy (non-hydrogen) atoms. The number of aryl methyl sites for hydroxylation is 1. The third-order valence-corrected chi connectivity index (χ3v) is 4.94. The lowest BCUT2D eigenvalue weighted by atomic mass is 10.0. The summed E-state index contributed by atoms with van der Waals surface area (Å²) in [7, 11) is 0. The van der Waals surface area contributed by atoms with Crippen LogP contribution in [0.1, 0.15) is 17.1 Å². The summed E-state index contributed by atoms with van der Waals surface area (Å²) in [5.74, 6) is 3.74. The van der Waals surface area contributed by atoms with Crippen molar-refractivity contribution >= 4 is 0 Å². The molecule has 0 bridgehead atoms. The Bertz CT molecular complexity index is 610. The maximum Gasteiger partial charge on any atom is 0.118 e. The summed E-state index contributed by atoms with van der Waals surface area (Å²) < 4.78 is 5.71. The monoisotopic (exact) mass is 297 g/mol. The van der Waals surface area contributed by atoms with Crippen LogP contribution in [-0.2, 0) is 13.1 Å². The van der Waals surface area contributed by atoms with Crippen LogP contribution in [0.3, 0.4) is 0 Å². The first kappa shape index (κ1) is 14.0. The maximum atomic E-state index is 5.71. The van der Waals surface area contributed by atoms with Gasteiger partial charge in [-0.25, -0.2) is 0 Å². The van der Waals surface area contributed by atoms with E-state index in [2.05, 4.69) is 33.0 Å². The van der Waals surface area contributed by atoms with Crippen molar-refractivity contribution < 1.29 is 4.42 Å². The van der Waals surface area contributed by atoms with Crippen LogP contribution in [0, 0.1) is 18.8 Å². The molecule has 4 heteroatoms. The molecule has 2 atom stereocenters. The molecule has 4 heterocycles. The molecule has 0 spiro atoms. The number of hydrogen-bond acceptors (Lipinski definition) is 4. The van der Waals surface area contributed by atoms with Crippen molar-refractivity contribution in [2.45, 2.75) is 20.0 Å². The first-order chi connectivity index (χ1) is 10.8. The van der Waals surface area contributed by atoms with Gasteiger partial charge in [0.05, 0.1) is 6.54 Å². The van der Waals surface area contributed by atoms with Gasteiger partial charge in [0.1, 0.15) is 11.5 Å². The molecule has 0 radical (unpaired) electrons. The van der Waals surface area contributed by atoms with E-state index in [1.807, 2.05) is 25.4 Å². The number of likely N-dealkylation sites (tertiary alicyclic amines) is 2. The zero-order valence-electron chi connectivity index (χ0n) is 13.1. The third kappa shape index (κ3) is 2.94. The Morgan fingerprint density at radius 2 is 1.77 bits per heavy atom. The van der Waals surface area contributed by atoms with E-state index in [1.54, 1.807) is 0 Å². The predicted molar refractivity (Wildman–Crippen MR) is 85.2 cm³/mol. The Morgan fingerprint density at radius 1 is 1.05 bits per heavy atom. The van der Waals surface area contributed by atoms with E-state index >= 15 is 0 Å². The highest BCUT2D eigenvalue weighted by atomic mass is 16.3. The number of fused-ring (bicyclic) bond motifs is 1. The van der Waals surface area contributed by atoms with Crippen LogP contribution in [0.15, 0.2) is 41.1 Å². The number of rotatable bonds is 4. The molecule has 0 aliphatic carbocycles. The molecule has 2 saturated heterocycles. The van der Waals surface area contributed by atoms with Crippen molar-refractivity contribution in [1.82, 2.24) is 14.8 Å². The second-order valence-electron chi connectivity index (χ2n) is 6.78. The molecule has 2 aromatic rings. The first-order valence-corrected chi connectivity index (χ1v) is 8.15. The van der Waals surface area contributed by atoms with Gasteiger partial charge in [-0.1, -0.05) is 6.07 Å². The molecular weight excluding hydrogens is 274 g/mol. The smallest absolute Gasteiger partial charge is 0.118 e. The van der Waals surface area contributed by atoms with E-state index in [0.29, 0.717) is 0 Å². The van der Waals surface area contributed by atoms with Gasteiger partial charge in [0, 0.05) is 45.1 Å². The summed E-state index contributed by atoms with van der Waals surface area (Å²) in [4.78, 5) is 9.35. The van der Waals surface area contributed by atoms with Crippen LogP contribution >= 0.6 is 0 Å². The fourth-order valence-corrected chi connectivity index (χ4v) is 3.99. The van der Waals surface area contributed by atoms with E-state index in [4.69, 9.17) is 4.42 Å². The number of furan rings is 1. The Hall–Kier alpha value is -1.65. The Balaban J connectivity index is 1.31. The highest BCUT2D eigenvalue weighted by Crippen LogP contribution is 2.32. The van der Waals surface area contributed by atoms with Gasteiger partial charge in [-0.2, -0.15) is 0 Å². The molecule has 2 aromatic heterocycles. The topological polar surface area (TPSA) is 32.5 Å². The Morgan fingerprint density at radius 3 is 2.36 bits per heavy atom. The Labute approximate surface area is 131 Å². The molecular formula is C18H23N3O. The van der Waals surface area contributed by atoms with E-state index in [0.717, 1.165) is 36.4 Å². The van der Waals surface area contributed by atoms with E-state index in [1.165, 1.54) is 31.7 Å². The molecule has 4 rings (SSSR count). The summed E-state index contributed by atoms with van der Waals surface area (Å²) in [5.41, 5.74) is 1.32. The second-order valence-corrected chi connectivity index (χ2v) is 6.78. The minimum absolute atomic E-state index is 0.813. The molecule has 0 aromatic carbocycles. The van der Waals surface area contributed by atoms with Crippen LogP contribution < -0.4 is 0 Å². The second kappa shape index (κ2) is 5.86. The lowest BCUT2D eigenvalue weighted by Crippen LogP contribution is -2.28. The first-order valence-electron chi connectivity index (χ1n) is 8.15. The Kier molecular flexibility index (Phi) is 3.72. The molecule has 2 fully saturated rings. The van der Waals surface area contributed by atoms with Crippen molar-refractivity contribution in [2.75, 3.05) is 26.2 Å². The lowest BCUT2D eigenvalue weighted by molar-refractivity contribution is 0.234. The maximum absolute atomic E-state index is 5.71. The summed E-state index contributed by atoms with van der Waals surface area (Å²) >= 11 is 0. The van der Waals surface area contributed by atoms with Crippen molar-refractivity contribution in [2.24, 2.45) is 11.8 Å². The number of hydrogen-bond donors (Lipinski definition) is 0. The van der Waals surface area contributed by atoms with Crippen LogP contribution in [0.5, 0.6) is 0 Å². The highest BCUT2D eigenvalue weighted by Gasteiger charge is 2.39. The normalized spacial score (nSPS) is 25.7. The molecule has 116 valence electrons. The SMILES string of the molecule is Cc1ccc(CN2CC3CN(Cc4cccnc4)CC3C2)o1. The fourth-order valence-electron chi connectivity index (χ4n) is 3.99. The predicted octanol–water partition coefficient (Wildman–Crippen LogP) is 2.55. The van der Waals surface area contributed by atoms with E-state index in [9.17, 15) is 0 Å². The summed E-state index contributed by atoms with van der Waals surface area (Å²) in [6.07, 6.45) is 3.83. The van der Waals surface area contributed by atoms with Gasteiger partial charge in [0.15, 0.2) is 0 Å².